The molecular formula is C15H22F3NS. The van der Waals surface area contributed by atoms with Gasteiger partial charge < -0.3 is 5.32 Å². The highest BCUT2D eigenvalue weighted by atomic mass is 32.2. The minimum absolute atomic E-state index is 0.0198. The highest BCUT2D eigenvalue weighted by Crippen LogP contribution is 2.29. The minimum atomic E-state index is -4.13. The maximum absolute atomic E-state index is 12.0. The van der Waals surface area contributed by atoms with Gasteiger partial charge in [0.2, 0.25) is 0 Å². The third-order valence-corrected chi connectivity index (χ3v) is 3.85. The molecule has 1 unspecified atom stereocenters. The fraction of sp³-hybridized carbons (Fsp3) is 0.600. The van der Waals surface area contributed by atoms with Crippen LogP contribution < -0.4 is 5.32 Å². The summed E-state index contributed by atoms with van der Waals surface area (Å²) >= 11 is 0.0198. The second-order valence-electron chi connectivity index (χ2n) is 4.82. The monoisotopic (exact) mass is 305 g/mol. The molecule has 114 valence electrons. The number of rotatable bonds is 8. The maximum Gasteiger partial charge on any atom is 0.441 e. The van der Waals surface area contributed by atoms with Crippen molar-refractivity contribution < 1.29 is 13.2 Å². The molecule has 0 saturated heterocycles. The zero-order valence-electron chi connectivity index (χ0n) is 12.0. The third-order valence-electron chi connectivity index (χ3n) is 3.12. The van der Waals surface area contributed by atoms with Crippen molar-refractivity contribution >= 4 is 11.8 Å². The Kier molecular flexibility index (Phi) is 7.45. The van der Waals surface area contributed by atoms with Gasteiger partial charge in [-0.2, -0.15) is 13.2 Å². The maximum atomic E-state index is 12.0. The standard InChI is InChI=1S/C15H22F3NS/c1-3-4-5-13-6-8-14(9-7-13)12(2)19-10-11-20-15(16,17)18/h6-9,12,19H,3-5,10-11H2,1-2H3. The lowest BCUT2D eigenvalue weighted by Gasteiger charge is -2.15. The van der Waals surface area contributed by atoms with E-state index in [0.29, 0.717) is 6.54 Å². The lowest BCUT2D eigenvalue weighted by atomic mass is 10.0. The van der Waals surface area contributed by atoms with E-state index in [9.17, 15) is 13.2 Å². The Bertz CT molecular complexity index is 376. The summed E-state index contributed by atoms with van der Waals surface area (Å²) in [5.74, 6) is 0.0441. The number of unbranched alkanes of at least 4 members (excludes halogenated alkanes) is 1. The van der Waals surface area contributed by atoms with Crippen molar-refractivity contribution in [1.29, 1.82) is 0 Å². The average Bonchev–Trinajstić information content (AvgIpc) is 2.40. The van der Waals surface area contributed by atoms with Crippen molar-refractivity contribution in [2.24, 2.45) is 0 Å². The van der Waals surface area contributed by atoms with Gasteiger partial charge in [-0.25, -0.2) is 0 Å². The zero-order chi connectivity index (χ0) is 15.0. The van der Waals surface area contributed by atoms with Crippen molar-refractivity contribution in [3.63, 3.8) is 0 Å². The third kappa shape index (κ3) is 7.20. The molecule has 20 heavy (non-hydrogen) atoms. The fourth-order valence-corrected chi connectivity index (χ4v) is 2.37. The average molecular weight is 305 g/mol. The molecular weight excluding hydrogens is 283 g/mol. The summed E-state index contributed by atoms with van der Waals surface area (Å²) in [4.78, 5) is 0. The second kappa shape index (κ2) is 8.57. The molecule has 1 N–H and O–H groups in total. The Morgan fingerprint density at radius 2 is 1.85 bits per heavy atom. The molecule has 0 radical (unpaired) electrons. The molecule has 0 heterocycles. The zero-order valence-corrected chi connectivity index (χ0v) is 12.8. The molecule has 1 aromatic rings. The Hall–Kier alpha value is -0.680. The summed E-state index contributed by atoms with van der Waals surface area (Å²) in [6.45, 7) is 4.49. The number of halogens is 3. The van der Waals surface area contributed by atoms with Gasteiger partial charge in [0.25, 0.3) is 0 Å². The number of benzene rings is 1. The Labute approximate surface area is 123 Å². The van der Waals surface area contributed by atoms with Crippen LogP contribution in [0.25, 0.3) is 0 Å². The van der Waals surface area contributed by atoms with E-state index >= 15 is 0 Å². The van der Waals surface area contributed by atoms with E-state index in [-0.39, 0.29) is 23.6 Å². The van der Waals surface area contributed by atoms with Crippen molar-refractivity contribution in [2.75, 3.05) is 12.3 Å². The first-order chi connectivity index (χ1) is 9.42. The first-order valence-corrected chi connectivity index (χ1v) is 7.94. The summed E-state index contributed by atoms with van der Waals surface area (Å²) in [5, 5.41) is 3.11. The number of aryl methyl sites for hydroxylation is 1. The smallest absolute Gasteiger partial charge is 0.309 e. The molecule has 0 aliphatic rings. The van der Waals surface area contributed by atoms with Crippen molar-refractivity contribution in [3.05, 3.63) is 35.4 Å². The van der Waals surface area contributed by atoms with E-state index in [4.69, 9.17) is 0 Å². The first-order valence-electron chi connectivity index (χ1n) is 6.95. The molecule has 0 spiro atoms. The largest absolute Gasteiger partial charge is 0.441 e. The van der Waals surface area contributed by atoms with Gasteiger partial charge in [0, 0.05) is 18.3 Å². The Balaban J connectivity index is 2.34. The minimum Gasteiger partial charge on any atom is -0.309 e. The summed E-state index contributed by atoms with van der Waals surface area (Å²) < 4.78 is 36.0. The normalized spacial score (nSPS) is 13.4. The molecule has 0 saturated carbocycles. The molecule has 1 atom stereocenters. The first kappa shape index (κ1) is 17.4. The lowest BCUT2D eigenvalue weighted by molar-refractivity contribution is -0.0327. The Morgan fingerprint density at radius 1 is 1.20 bits per heavy atom. The van der Waals surface area contributed by atoms with Crippen LogP contribution in [0, 0.1) is 0 Å². The van der Waals surface area contributed by atoms with Crippen molar-refractivity contribution in [1.82, 2.24) is 5.32 Å². The molecule has 0 fully saturated rings. The number of hydrogen-bond donors (Lipinski definition) is 1. The summed E-state index contributed by atoms with van der Waals surface area (Å²) in [5.41, 5.74) is -1.70. The van der Waals surface area contributed by atoms with Gasteiger partial charge in [0.15, 0.2) is 0 Å². The van der Waals surface area contributed by atoms with Gasteiger partial charge in [-0.15, -0.1) is 0 Å². The second-order valence-corrected chi connectivity index (χ2v) is 5.97. The van der Waals surface area contributed by atoms with Gasteiger partial charge in [-0.1, -0.05) is 37.6 Å². The van der Waals surface area contributed by atoms with Gasteiger partial charge in [0.05, 0.1) is 0 Å². The molecule has 0 aromatic heterocycles. The van der Waals surface area contributed by atoms with E-state index in [2.05, 4.69) is 36.5 Å². The van der Waals surface area contributed by atoms with Gasteiger partial charge >= 0.3 is 5.51 Å². The lowest BCUT2D eigenvalue weighted by Crippen LogP contribution is -2.22. The highest BCUT2D eigenvalue weighted by molar-refractivity contribution is 8.00. The SMILES string of the molecule is CCCCc1ccc(C(C)NCCSC(F)(F)F)cc1. The molecule has 1 aromatic carbocycles. The van der Waals surface area contributed by atoms with E-state index in [1.807, 2.05) is 6.92 Å². The van der Waals surface area contributed by atoms with Crippen LogP contribution in [-0.4, -0.2) is 17.8 Å². The van der Waals surface area contributed by atoms with Crippen LogP contribution in [0.1, 0.15) is 43.9 Å². The molecule has 5 heteroatoms. The number of hydrogen-bond acceptors (Lipinski definition) is 2. The summed E-state index contributed by atoms with van der Waals surface area (Å²) in [6, 6.07) is 8.39. The predicted molar refractivity (Wildman–Crippen MR) is 80.0 cm³/mol. The van der Waals surface area contributed by atoms with Gasteiger partial charge in [-0.05, 0) is 42.7 Å². The predicted octanol–water partition coefficient (Wildman–Crippen LogP) is 4.93. The van der Waals surface area contributed by atoms with Crippen LogP contribution in [0.5, 0.6) is 0 Å². The van der Waals surface area contributed by atoms with Gasteiger partial charge in [0.1, 0.15) is 0 Å². The number of thioether (sulfide) groups is 1. The summed E-state index contributed by atoms with van der Waals surface area (Å²) in [6.07, 6.45) is 3.44. The molecule has 0 amide bonds. The van der Waals surface area contributed by atoms with Crippen LogP contribution >= 0.6 is 11.8 Å². The Morgan fingerprint density at radius 3 is 2.40 bits per heavy atom. The molecule has 0 bridgehead atoms. The van der Waals surface area contributed by atoms with Crippen LogP contribution in [0.3, 0.4) is 0 Å². The molecule has 1 nitrogen and oxygen atoms in total. The van der Waals surface area contributed by atoms with E-state index < -0.39 is 5.51 Å². The topological polar surface area (TPSA) is 12.0 Å². The quantitative estimate of drug-likeness (QED) is 0.683. The molecule has 1 rings (SSSR count). The molecule has 0 aliphatic carbocycles. The highest BCUT2D eigenvalue weighted by Gasteiger charge is 2.27. The van der Waals surface area contributed by atoms with Crippen LogP contribution in [0.4, 0.5) is 13.2 Å². The van der Waals surface area contributed by atoms with Crippen molar-refractivity contribution in [2.45, 2.75) is 44.7 Å². The van der Waals surface area contributed by atoms with E-state index in [1.54, 1.807) is 0 Å². The van der Waals surface area contributed by atoms with Crippen LogP contribution in [0.2, 0.25) is 0 Å². The van der Waals surface area contributed by atoms with Crippen LogP contribution in [0.15, 0.2) is 24.3 Å². The molecule has 0 aliphatic heterocycles. The van der Waals surface area contributed by atoms with Crippen LogP contribution in [-0.2, 0) is 6.42 Å². The van der Waals surface area contributed by atoms with Gasteiger partial charge in [-0.3, -0.25) is 0 Å². The van der Waals surface area contributed by atoms with Crippen molar-refractivity contribution in [3.8, 4) is 0 Å². The number of alkyl halides is 3. The number of nitrogens with one attached hydrogen (secondary N) is 1. The fourth-order valence-electron chi connectivity index (χ4n) is 1.91. The summed E-state index contributed by atoms with van der Waals surface area (Å²) in [7, 11) is 0. The van der Waals surface area contributed by atoms with E-state index in [0.717, 1.165) is 12.0 Å². The van der Waals surface area contributed by atoms with E-state index in [1.165, 1.54) is 18.4 Å².